The van der Waals surface area contributed by atoms with Crippen molar-refractivity contribution < 1.29 is 14.5 Å². The van der Waals surface area contributed by atoms with Crippen LogP contribution in [-0.2, 0) is 4.79 Å². The number of hydrogen-bond acceptors (Lipinski definition) is 9. The molecule has 1 amide bonds. The van der Waals surface area contributed by atoms with Crippen LogP contribution in [0.3, 0.4) is 0 Å². The molecule has 0 fully saturated rings. The molecule has 188 valence electrons. The Labute approximate surface area is 220 Å². The van der Waals surface area contributed by atoms with Crippen molar-refractivity contribution in [3.63, 3.8) is 0 Å². The summed E-state index contributed by atoms with van der Waals surface area (Å²) in [6, 6.07) is 15.1. The zero-order valence-corrected chi connectivity index (χ0v) is 21.0. The highest BCUT2D eigenvalue weighted by Gasteiger charge is 2.17. The topological polar surface area (TPSA) is 137 Å². The lowest BCUT2D eigenvalue weighted by Gasteiger charge is -2.11. The summed E-state index contributed by atoms with van der Waals surface area (Å²) >= 11 is 7.22. The van der Waals surface area contributed by atoms with Crippen molar-refractivity contribution >= 4 is 41.2 Å². The number of nitrogens with zero attached hydrogens (tertiary/aromatic N) is 6. The first-order valence-electron chi connectivity index (χ1n) is 10.9. The van der Waals surface area contributed by atoms with E-state index in [0.717, 1.165) is 17.0 Å². The van der Waals surface area contributed by atoms with Crippen LogP contribution in [0.25, 0.3) is 17.1 Å². The molecule has 1 N–H and O–H groups in total. The van der Waals surface area contributed by atoms with Gasteiger partial charge in [0.25, 0.3) is 11.6 Å². The largest absolute Gasteiger partial charge is 0.494 e. The van der Waals surface area contributed by atoms with Crippen LogP contribution in [0, 0.1) is 10.1 Å². The highest BCUT2D eigenvalue weighted by atomic mass is 35.5. The zero-order valence-electron chi connectivity index (χ0n) is 19.4. The third kappa shape index (κ3) is 6.48. The van der Waals surface area contributed by atoms with Gasteiger partial charge in [0.2, 0.25) is 0 Å². The summed E-state index contributed by atoms with van der Waals surface area (Å²) in [5, 5.41) is 24.2. The molecule has 0 aliphatic rings. The number of hydrazone groups is 1. The Kier molecular flexibility index (Phi) is 8.44. The van der Waals surface area contributed by atoms with E-state index in [-0.39, 0.29) is 16.5 Å². The number of amides is 1. The number of benzene rings is 2. The summed E-state index contributed by atoms with van der Waals surface area (Å²) in [6.45, 7) is 2.47. The fourth-order valence-corrected chi connectivity index (χ4v) is 4.13. The van der Waals surface area contributed by atoms with E-state index in [2.05, 4.69) is 25.7 Å². The van der Waals surface area contributed by atoms with Crippen LogP contribution in [0.4, 0.5) is 5.69 Å². The van der Waals surface area contributed by atoms with Crippen molar-refractivity contribution in [3.8, 4) is 22.8 Å². The average Bonchev–Trinajstić information content (AvgIpc) is 3.33. The lowest BCUT2D eigenvalue weighted by molar-refractivity contribution is -0.384. The van der Waals surface area contributed by atoms with Crippen molar-refractivity contribution in [2.24, 2.45) is 5.10 Å². The average molecular weight is 538 g/mol. The van der Waals surface area contributed by atoms with Gasteiger partial charge < -0.3 is 4.74 Å². The minimum Gasteiger partial charge on any atom is -0.494 e. The Morgan fingerprint density at radius 1 is 1.24 bits per heavy atom. The summed E-state index contributed by atoms with van der Waals surface area (Å²) < 4.78 is 7.36. The van der Waals surface area contributed by atoms with Crippen LogP contribution >= 0.6 is 23.4 Å². The van der Waals surface area contributed by atoms with Crippen LogP contribution in [0.5, 0.6) is 5.75 Å². The van der Waals surface area contributed by atoms with Gasteiger partial charge in [-0.2, -0.15) is 5.10 Å². The molecule has 0 bridgehead atoms. The van der Waals surface area contributed by atoms with Crippen molar-refractivity contribution in [3.05, 3.63) is 87.7 Å². The SMILES string of the molecule is CCOc1ccc(-n2c(SCC(=O)NN=Cc3cc([N+](=O)[O-])ccc3Cl)nnc2-c2cccnc2)cc1. The van der Waals surface area contributed by atoms with Gasteiger partial charge in [0.1, 0.15) is 5.75 Å². The van der Waals surface area contributed by atoms with Gasteiger partial charge in [-0.25, -0.2) is 5.43 Å². The molecule has 0 saturated carbocycles. The Morgan fingerprint density at radius 2 is 2.05 bits per heavy atom. The fourth-order valence-electron chi connectivity index (χ4n) is 3.22. The van der Waals surface area contributed by atoms with E-state index < -0.39 is 10.8 Å². The van der Waals surface area contributed by atoms with Gasteiger partial charge in [-0.15, -0.1) is 10.2 Å². The van der Waals surface area contributed by atoms with E-state index in [1.165, 1.54) is 36.2 Å². The maximum absolute atomic E-state index is 12.4. The van der Waals surface area contributed by atoms with Gasteiger partial charge in [0.05, 0.1) is 23.5 Å². The number of thioether (sulfide) groups is 1. The molecular weight excluding hydrogens is 518 g/mol. The molecule has 0 radical (unpaired) electrons. The number of nitrogens with one attached hydrogen (secondary N) is 1. The fraction of sp³-hybridized carbons (Fsp3) is 0.125. The number of halogens is 1. The zero-order chi connectivity index (χ0) is 26.2. The van der Waals surface area contributed by atoms with Crippen LogP contribution in [0.1, 0.15) is 12.5 Å². The second-order valence-electron chi connectivity index (χ2n) is 7.35. The van der Waals surface area contributed by atoms with Gasteiger partial charge in [-0.05, 0) is 49.4 Å². The first-order chi connectivity index (χ1) is 18.0. The molecule has 2 aromatic carbocycles. The molecule has 13 heteroatoms. The maximum atomic E-state index is 12.4. The number of carbonyl (C=O) groups is 1. The van der Waals surface area contributed by atoms with Gasteiger partial charge in [-0.3, -0.25) is 24.5 Å². The highest BCUT2D eigenvalue weighted by molar-refractivity contribution is 7.99. The Hall–Kier alpha value is -4.29. The van der Waals surface area contributed by atoms with Crippen molar-refractivity contribution in [1.82, 2.24) is 25.2 Å². The molecule has 0 spiro atoms. The van der Waals surface area contributed by atoms with Gasteiger partial charge >= 0.3 is 0 Å². The number of aromatic nitrogens is 4. The monoisotopic (exact) mass is 537 g/mol. The predicted molar refractivity (Wildman–Crippen MR) is 140 cm³/mol. The minimum absolute atomic E-state index is 0.0117. The third-order valence-corrected chi connectivity index (χ3v) is 6.15. The molecule has 0 atom stereocenters. The van der Waals surface area contributed by atoms with E-state index in [1.54, 1.807) is 18.5 Å². The van der Waals surface area contributed by atoms with Crippen molar-refractivity contribution in [2.75, 3.05) is 12.4 Å². The highest BCUT2D eigenvalue weighted by Crippen LogP contribution is 2.28. The standard InChI is InChI=1S/C24H20ClN7O4S/c1-2-36-20-8-5-18(6-9-20)31-23(16-4-3-11-26-13-16)29-30-24(31)37-15-22(33)28-27-14-17-12-19(32(34)35)7-10-21(17)25/h3-14H,2,15H2,1H3,(H,28,33). The summed E-state index contributed by atoms with van der Waals surface area (Å²) in [7, 11) is 0. The molecule has 4 aromatic rings. The van der Waals surface area contributed by atoms with Gasteiger partial charge in [-0.1, -0.05) is 23.4 Å². The van der Waals surface area contributed by atoms with Crippen molar-refractivity contribution in [1.29, 1.82) is 0 Å². The van der Waals surface area contributed by atoms with Gasteiger partial charge in [0, 0.05) is 46.4 Å². The van der Waals surface area contributed by atoms with Crippen LogP contribution < -0.4 is 10.2 Å². The Balaban J connectivity index is 1.50. The number of ether oxygens (including phenoxy) is 1. The molecule has 2 aromatic heterocycles. The number of non-ortho nitro benzene ring substituents is 1. The second kappa shape index (κ2) is 12.1. The molecule has 0 aliphatic carbocycles. The van der Waals surface area contributed by atoms with Crippen molar-refractivity contribution in [2.45, 2.75) is 12.1 Å². The predicted octanol–water partition coefficient (Wildman–Crippen LogP) is 4.53. The lowest BCUT2D eigenvalue weighted by Crippen LogP contribution is -2.20. The molecule has 37 heavy (non-hydrogen) atoms. The quantitative estimate of drug-likeness (QED) is 0.135. The maximum Gasteiger partial charge on any atom is 0.270 e. The molecule has 0 aliphatic heterocycles. The normalized spacial score (nSPS) is 11.0. The molecule has 2 heterocycles. The number of pyridine rings is 1. The van der Waals surface area contributed by atoms with E-state index in [1.807, 2.05) is 41.8 Å². The van der Waals surface area contributed by atoms with E-state index >= 15 is 0 Å². The number of rotatable bonds is 10. The van der Waals surface area contributed by atoms with Gasteiger partial charge in [0.15, 0.2) is 11.0 Å². The summed E-state index contributed by atoms with van der Waals surface area (Å²) in [4.78, 5) is 27.0. The minimum atomic E-state index is -0.539. The lowest BCUT2D eigenvalue weighted by atomic mass is 10.2. The third-order valence-electron chi connectivity index (χ3n) is 4.87. The Morgan fingerprint density at radius 3 is 2.76 bits per heavy atom. The molecule has 0 unspecified atom stereocenters. The molecule has 4 rings (SSSR count). The summed E-state index contributed by atoms with van der Waals surface area (Å²) in [5.41, 5.74) is 4.11. The number of hydrogen-bond donors (Lipinski definition) is 1. The first-order valence-corrected chi connectivity index (χ1v) is 12.3. The van der Waals surface area contributed by atoms with E-state index in [0.29, 0.717) is 23.2 Å². The van der Waals surface area contributed by atoms with Crippen LogP contribution in [0.2, 0.25) is 5.02 Å². The molecular formula is C24H20ClN7O4S. The smallest absolute Gasteiger partial charge is 0.270 e. The van der Waals surface area contributed by atoms with E-state index in [9.17, 15) is 14.9 Å². The number of nitro benzene ring substituents is 1. The summed E-state index contributed by atoms with van der Waals surface area (Å²) in [5.74, 6) is 0.880. The molecule has 0 saturated heterocycles. The summed E-state index contributed by atoms with van der Waals surface area (Å²) in [6.07, 6.45) is 4.60. The van der Waals surface area contributed by atoms with Crippen LogP contribution in [0.15, 0.2) is 77.2 Å². The van der Waals surface area contributed by atoms with Crippen LogP contribution in [-0.4, -0.2) is 49.2 Å². The first kappa shape index (κ1) is 25.8. The molecule has 11 nitrogen and oxygen atoms in total. The Bertz CT molecular complexity index is 1430. The number of carbonyl (C=O) groups excluding carboxylic acids is 1. The number of nitro groups is 1. The van der Waals surface area contributed by atoms with E-state index in [4.69, 9.17) is 16.3 Å². The second-order valence-corrected chi connectivity index (χ2v) is 8.70.